The Bertz CT molecular complexity index is 358. The van der Waals surface area contributed by atoms with Crippen molar-refractivity contribution < 1.29 is 5.11 Å². The fourth-order valence-corrected chi connectivity index (χ4v) is 2.30. The van der Waals surface area contributed by atoms with Crippen LogP contribution in [0.15, 0.2) is 18.3 Å². The van der Waals surface area contributed by atoms with Gasteiger partial charge in [-0.1, -0.05) is 0 Å². The lowest BCUT2D eigenvalue weighted by Gasteiger charge is -2.23. The van der Waals surface area contributed by atoms with Crippen molar-refractivity contribution in [2.24, 2.45) is 0 Å². The Morgan fingerprint density at radius 1 is 1.39 bits per heavy atom. The van der Waals surface area contributed by atoms with E-state index >= 15 is 0 Å². The van der Waals surface area contributed by atoms with Gasteiger partial charge in [0, 0.05) is 20.1 Å². The first kappa shape index (κ1) is 13.3. The van der Waals surface area contributed by atoms with Crippen LogP contribution >= 0.6 is 0 Å². The molecule has 1 aliphatic rings. The molecule has 2 rings (SSSR count). The molecule has 1 aromatic heterocycles. The third kappa shape index (κ3) is 3.43. The largest absolute Gasteiger partial charge is 0.387 e. The predicted molar refractivity (Wildman–Crippen MR) is 73.8 cm³/mol. The Labute approximate surface area is 109 Å². The first-order valence-corrected chi connectivity index (χ1v) is 6.74. The molecule has 1 N–H and O–H groups in total. The number of pyridine rings is 1. The van der Waals surface area contributed by atoms with Gasteiger partial charge in [-0.25, -0.2) is 0 Å². The Balaban J connectivity index is 1.85. The van der Waals surface area contributed by atoms with Gasteiger partial charge in [0.1, 0.15) is 0 Å². The monoisotopic (exact) mass is 249 g/mol. The second-order valence-electron chi connectivity index (χ2n) is 5.09. The van der Waals surface area contributed by atoms with E-state index in [1.165, 1.54) is 25.9 Å². The van der Waals surface area contributed by atoms with E-state index in [0.717, 1.165) is 24.5 Å². The van der Waals surface area contributed by atoms with Gasteiger partial charge in [0.2, 0.25) is 0 Å². The van der Waals surface area contributed by atoms with E-state index in [1.54, 1.807) is 6.92 Å². The van der Waals surface area contributed by atoms with E-state index in [9.17, 15) is 5.11 Å². The summed E-state index contributed by atoms with van der Waals surface area (Å²) >= 11 is 0. The number of likely N-dealkylation sites (tertiary alicyclic amines) is 1. The predicted octanol–water partition coefficient (Wildman–Crippen LogP) is 1.67. The van der Waals surface area contributed by atoms with Crippen LogP contribution in [-0.2, 0) is 0 Å². The van der Waals surface area contributed by atoms with E-state index in [0.29, 0.717) is 0 Å². The lowest BCUT2D eigenvalue weighted by molar-refractivity contribution is 0.194. The summed E-state index contributed by atoms with van der Waals surface area (Å²) in [4.78, 5) is 9.00. The number of hydrogen-bond donors (Lipinski definition) is 1. The van der Waals surface area contributed by atoms with Gasteiger partial charge < -0.3 is 14.9 Å². The van der Waals surface area contributed by atoms with Gasteiger partial charge in [-0.05, 0) is 45.0 Å². The van der Waals surface area contributed by atoms with Crippen LogP contribution in [0.4, 0.5) is 5.69 Å². The number of aromatic nitrogens is 1. The summed E-state index contributed by atoms with van der Waals surface area (Å²) in [6.45, 7) is 6.36. The molecule has 0 aliphatic carbocycles. The summed E-state index contributed by atoms with van der Waals surface area (Å²) in [5.74, 6) is 0. The number of nitrogens with zero attached hydrogens (tertiary/aromatic N) is 3. The second kappa shape index (κ2) is 6.16. The summed E-state index contributed by atoms with van der Waals surface area (Å²) in [5, 5.41) is 9.42. The number of aliphatic hydroxyl groups is 1. The van der Waals surface area contributed by atoms with Gasteiger partial charge >= 0.3 is 0 Å². The van der Waals surface area contributed by atoms with Gasteiger partial charge in [-0.2, -0.15) is 0 Å². The summed E-state index contributed by atoms with van der Waals surface area (Å²) in [6, 6.07) is 3.92. The standard InChI is InChI=1S/C14H23N3O/c1-12(18)14-6-5-13(11-15-14)16(2)9-10-17-7-3-4-8-17/h5-6,11-12,18H,3-4,7-10H2,1-2H3/t12-/m0/s1. The highest BCUT2D eigenvalue weighted by molar-refractivity contribution is 5.43. The summed E-state index contributed by atoms with van der Waals surface area (Å²) in [6.07, 6.45) is 4.03. The van der Waals surface area contributed by atoms with Crippen LogP contribution < -0.4 is 4.90 Å². The third-order valence-electron chi connectivity index (χ3n) is 3.59. The molecule has 18 heavy (non-hydrogen) atoms. The molecular formula is C14H23N3O. The molecule has 0 unspecified atom stereocenters. The third-order valence-corrected chi connectivity index (χ3v) is 3.59. The Morgan fingerprint density at radius 3 is 2.67 bits per heavy atom. The lowest BCUT2D eigenvalue weighted by atomic mass is 10.2. The Morgan fingerprint density at radius 2 is 2.11 bits per heavy atom. The number of anilines is 1. The van der Waals surface area contributed by atoms with E-state index in [2.05, 4.69) is 21.8 Å². The number of likely N-dealkylation sites (N-methyl/N-ethyl adjacent to an activating group) is 1. The van der Waals surface area contributed by atoms with E-state index in [4.69, 9.17) is 0 Å². The van der Waals surface area contributed by atoms with Gasteiger partial charge in [0.25, 0.3) is 0 Å². The number of hydrogen-bond acceptors (Lipinski definition) is 4. The molecule has 2 heterocycles. The molecule has 0 radical (unpaired) electrons. The normalized spacial score (nSPS) is 17.9. The molecule has 1 aromatic rings. The van der Waals surface area contributed by atoms with Crippen LogP contribution in [0, 0.1) is 0 Å². The highest BCUT2D eigenvalue weighted by Gasteiger charge is 2.12. The van der Waals surface area contributed by atoms with Crippen LogP contribution in [0.2, 0.25) is 0 Å². The lowest BCUT2D eigenvalue weighted by Crippen LogP contribution is -2.31. The topological polar surface area (TPSA) is 39.6 Å². The van der Waals surface area contributed by atoms with Crippen molar-refractivity contribution >= 4 is 5.69 Å². The zero-order valence-corrected chi connectivity index (χ0v) is 11.3. The number of rotatable bonds is 5. The molecule has 0 spiro atoms. The van der Waals surface area contributed by atoms with Crippen molar-refractivity contribution in [2.45, 2.75) is 25.9 Å². The molecule has 0 aromatic carbocycles. The highest BCUT2D eigenvalue weighted by Crippen LogP contribution is 2.15. The van der Waals surface area contributed by atoms with Gasteiger partial charge in [0.15, 0.2) is 0 Å². The van der Waals surface area contributed by atoms with Crippen LogP contribution in [0.1, 0.15) is 31.6 Å². The quantitative estimate of drug-likeness (QED) is 0.861. The fraction of sp³-hybridized carbons (Fsp3) is 0.643. The van der Waals surface area contributed by atoms with Crippen molar-refractivity contribution in [2.75, 3.05) is 38.1 Å². The maximum absolute atomic E-state index is 9.42. The first-order chi connectivity index (χ1) is 8.66. The molecule has 1 aliphatic heterocycles. The minimum Gasteiger partial charge on any atom is -0.387 e. The summed E-state index contributed by atoms with van der Waals surface area (Å²) in [5.41, 5.74) is 1.84. The molecule has 4 heteroatoms. The zero-order valence-electron chi connectivity index (χ0n) is 11.3. The van der Waals surface area contributed by atoms with Crippen LogP contribution in [-0.4, -0.2) is 48.2 Å². The van der Waals surface area contributed by atoms with Crippen LogP contribution in [0.25, 0.3) is 0 Å². The van der Waals surface area contributed by atoms with Crippen molar-refractivity contribution in [3.05, 3.63) is 24.0 Å². The molecule has 0 saturated carbocycles. The minimum atomic E-state index is -0.492. The van der Waals surface area contributed by atoms with Crippen molar-refractivity contribution in [1.82, 2.24) is 9.88 Å². The number of aliphatic hydroxyl groups excluding tert-OH is 1. The van der Waals surface area contributed by atoms with Crippen LogP contribution in [0.5, 0.6) is 0 Å². The maximum Gasteiger partial charge on any atom is 0.0931 e. The SMILES string of the molecule is C[C@H](O)c1ccc(N(C)CCN2CCCC2)cn1. The molecule has 100 valence electrons. The van der Waals surface area contributed by atoms with Gasteiger partial charge in [-0.3, -0.25) is 4.98 Å². The molecule has 0 bridgehead atoms. The molecule has 4 nitrogen and oxygen atoms in total. The summed E-state index contributed by atoms with van der Waals surface area (Å²) in [7, 11) is 2.09. The zero-order chi connectivity index (χ0) is 13.0. The van der Waals surface area contributed by atoms with Gasteiger partial charge in [-0.15, -0.1) is 0 Å². The smallest absolute Gasteiger partial charge is 0.0931 e. The van der Waals surface area contributed by atoms with E-state index in [1.807, 2.05) is 18.3 Å². The minimum absolute atomic E-state index is 0.492. The fourth-order valence-electron chi connectivity index (χ4n) is 2.30. The molecule has 1 saturated heterocycles. The molecule has 0 amide bonds. The highest BCUT2D eigenvalue weighted by atomic mass is 16.3. The van der Waals surface area contributed by atoms with E-state index in [-0.39, 0.29) is 0 Å². The van der Waals surface area contributed by atoms with Gasteiger partial charge in [0.05, 0.1) is 23.7 Å². The maximum atomic E-state index is 9.42. The van der Waals surface area contributed by atoms with Crippen molar-refractivity contribution in [3.63, 3.8) is 0 Å². The van der Waals surface area contributed by atoms with Crippen molar-refractivity contribution in [3.8, 4) is 0 Å². The van der Waals surface area contributed by atoms with Crippen LogP contribution in [0.3, 0.4) is 0 Å². The molecular weight excluding hydrogens is 226 g/mol. The molecule has 1 fully saturated rings. The summed E-state index contributed by atoms with van der Waals surface area (Å²) < 4.78 is 0. The Hall–Kier alpha value is -1.13. The van der Waals surface area contributed by atoms with E-state index < -0.39 is 6.10 Å². The Kier molecular flexibility index (Phi) is 4.55. The average Bonchev–Trinajstić information content (AvgIpc) is 2.89. The molecule has 1 atom stereocenters. The van der Waals surface area contributed by atoms with Crippen molar-refractivity contribution in [1.29, 1.82) is 0 Å². The average molecular weight is 249 g/mol. The second-order valence-corrected chi connectivity index (χ2v) is 5.09. The first-order valence-electron chi connectivity index (χ1n) is 6.74.